The van der Waals surface area contributed by atoms with Gasteiger partial charge in [-0.3, -0.25) is 4.98 Å². The Kier molecular flexibility index (Phi) is 5.20. The summed E-state index contributed by atoms with van der Waals surface area (Å²) in [7, 11) is -1.17. The number of benzene rings is 2. The Morgan fingerprint density at radius 2 is 1.60 bits per heavy atom. The van der Waals surface area contributed by atoms with Crippen molar-refractivity contribution >= 4 is 32.3 Å². The molecule has 8 nitrogen and oxygen atoms in total. The van der Waals surface area contributed by atoms with Gasteiger partial charge in [-0.25, -0.2) is 22.7 Å². The van der Waals surface area contributed by atoms with Gasteiger partial charge in [-0.15, -0.1) is 0 Å². The second-order valence-electron chi connectivity index (χ2n) is 6.23. The van der Waals surface area contributed by atoms with E-state index in [1.165, 1.54) is 38.9 Å². The highest BCUT2D eigenvalue weighted by Gasteiger charge is 2.32. The predicted molar refractivity (Wildman–Crippen MR) is 113 cm³/mol. The maximum Gasteiger partial charge on any atom is 0.270 e. The van der Waals surface area contributed by atoms with E-state index in [2.05, 4.69) is 15.0 Å². The number of aromatic nitrogens is 3. The molecule has 2 aromatic heterocycles. The molecule has 152 valence electrons. The highest BCUT2D eigenvalue weighted by molar-refractivity contribution is 7.93. The molecule has 0 aliphatic carbocycles. The minimum atomic E-state index is -4.10. The van der Waals surface area contributed by atoms with Gasteiger partial charge >= 0.3 is 0 Å². The standard InChI is InChI=1S/C21H18N4O4S/c1-28-18-4-3-5-19(29-2)21(18)25(20-9-11-23-14-24-20)30(26,27)17-7-6-16-13-22-10-8-15(16)12-17/h3-14H,1-2H3. The van der Waals surface area contributed by atoms with Gasteiger partial charge < -0.3 is 9.47 Å². The maximum absolute atomic E-state index is 13.9. The first-order valence-electron chi connectivity index (χ1n) is 8.92. The van der Waals surface area contributed by atoms with Crippen LogP contribution in [0.25, 0.3) is 10.8 Å². The molecule has 0 fully saturated rings. The molecule has 2 heterocycles. The van der Waals surface area contributed by atoms with E-state index in [1.807, 2.05) is 0 Å². The van der Waals surface area contributed by atoms with Crippen LogP contribution in [0.15, 0.2) is 78.3 Å². The fourth-order valence-electron chi connectivity index (χ4n) is 3.12. The van der Waals surface area contributed by atoms with Gasteiger partial charge in [-0.1, -0.05) is 12.1 Å². The maximum atomic E-state index is 13.9. The number of pyridine rings is 1. The molecule has 9 heteroatoms. The predicted octanol–water partition coefficient (Wildman–Crippen LogP) is 3.57. The highest BCUT2D eigenvalue weighted by Crippen LogP contribution is 2.44. The minimum Gasteiger partial charge on any atom is -0.494 e. The average Bonchev–Trinajstić information content (AvgIpc) is 2.79. The third-order valence-electron chi connectivity index (χ3n) is 4.53. The first-order chi connectivity index (χ1) is 14.6. The number of sulfonamides is 1. The first-order valence-corrected chi connectivity index (χ1v) is 10.4. The number of ether oxygens (including phenoxy) is 2. The van der Waals surface area contributed by atoms with Crippen molar-refractivity contribution < 1.29 is 17.9 Å². The van der Waals surface area contributed by atoms with E-state index < -0.39 is 10.0 Å². The molecule has 0 N–H and O–H groups in total. The van der Waals surface area contributed by atoms with Gasteiger partial charge in [0.25, 0.3) is 10.0 Å². The summed E-state index contributed by atoms with van der Waals surface area (Å²) in [6, 6.07) is 13.2. The summed E-state index contributed by atoms with van der Waals surface area (Å²) >= 11 is 0. The number of para-hydroxylation sites is 1. The third-order valence-corrected chi connectivity index (χ3v) is 6.23. The van der Waals surface area contributed by atoms with E-state index >= 15 is 0 Å². The van der Waals surface area contributed by atoms with Crippen LogP contribution in [-0.4, -0.2) is 37.6 Å². The van der Waals surface area contributed by atoms with E-state index in [4.69, 9.17) is 9.47 Å². The molecule has 0 atom stereocenters. The van der Waals surface area contributed by atoms with Crippen molar-refractivity contribution in [3.05, 3.63) is 73.4 Å². The zero-order valence-electron chi connectivity index (χ0n) is 16.3. The normalized spacial score (nSPS) is 11.3. The molecule has 0 unspecified atom stereocenters. The van der Waals surface area contributed by atoms with Crippen LogP contribution >= 0.6 is 0 Å². The van der Waals surface area contributed by atoms with E-state index in [9.17, 15) is 8.42 Å². The number of hydrogen-bond donors (Lipinski definition) is 0. The summed E-state index contributed by atoms with van der Waals surface area (Å²) in [4.78, 5) is 12.2. The molecule has 30 heavy (non-hydrogen) atoms. The topological polar surface area (TPSA) is 94.5 Å². The molecule has 0 amide bonds. The average molecular weight is 422 g/mol. The summed E-state index contributed by atoms with van der Waals surface area (Å²) in [5.74, 6) is 0.797. The Bertz CT molecular complexity index is 1270. The third kappa shape index (κ3) is 3.39. The van der Waals surface area contributed by atoms with E-state index in [0.717, 1.165) is 15.1 Å². The molecule has 0 aliphatic heterocycles. The van der Waals surface area contributed by atoms with Crippen molar-refractivity contribution in [3.8, 4) is 11.5 Å². The monoisotopic (exact) mass is 422 g/mol. The molecular formula is C21H18N4O4S. The Labute approximate surface area is 173 Å². The van der Waals surface area contributed by atoms with Gasteiger partial charge in [-0.05, 0) is 35.7 Å². The fourth-order valence-corrected chi connectivity index (χ4v) is 4.62. The van der Waals surface area contributed by atoms with Crippen LogP contribution in [0.3, 0.4) is 0 Å². The Morgan fingerprint density at radius 3 is 2.27 bits per heavy atom. The second-order valence-corrected chi connectivity index (χ2v) is 8.02. The summed E-state index contributed by atoms with van der Waals surface area (Å²) in [5.41, 5.74) is 0.219. The lowest BCUT2D eigenvalue weighted by molar-refractivity contribution is 0.396. The van der Waals surface area contributed by atoms with Crippen LogP contribution in [0.4, 0.5) is 11.5 Å². The quantitative estimate of drug-likeness (QED) is 0.469. The van der Waals surface area contributed by atoms with Gasteiger partial charge in [0.1, 0.15) is 23.5 Å². The Morgan fingerprint density at radius 1 is 0.867 bits per heavy atom. The number of anilines is 2. The fraction of sp³-hybridized carbons (Fsp3) is 0.0952. The molecule has 4 rings (SSSR count). The van der Waals surface area contributed by atoms with Crippen LogP contribution in [0.2, 0.25) is 0 Å². The molecule has 0 spiro atoms. The lowest BCUT2D eigenvalue weighted by Gasteiger charge is -2.26. The van der Waals surface area contributed by atoms with Crippen molar-refractivity contribution in [1.29, 1.82) is 0 Å². The minimum absolute atomic E-state index is 0.0905. The summed E-state index contributed by atoms with van der Waals surface area (Å²) in [6.07, 6.45) is 6.05. The van der Waals surface area contributed by atoms with Crippen LogP contribution in [0.5, 0.6) is 11.5 Å². The number of nitrogens with zero attached hydrogens (tertiary/aromatic N) is 4. The summed E-state index contributed by atoms with van der Waals surface area (Å²) in [6.45, 7) is 0. The highest BCUT2D eigenvalue weighted by atomic mass is 32.2. The van der Waals surface area contributed by atoms with Crippen molar-refractivity contribution in [3.63, 3.8) is 0 Å². The molecule has 0 saturated carbocycles. The van der Waals surface area contributed by atoms with Crippen LogP contribution in [-0.2, 0) is 10.0 Å². The second kappa shape index (κ2) is 7.96. The molecular weight excluding hydrogens is 404 g/mol. The van der Waals surface area contributed by atoms with Gasteiger partial charge in [0.15, 0.2) is 5.82 Å². The van der Waals surface area contributed by atoms with E-state index in [-0.39, 0.29) is 16.4 Å². The lowest BCUT2D eigenvalue weighted by atomic mass is 10.2. The molecule has 0 saturated heterocycles. The van der Waals surface area contributed by atoms with Crippen molar-refractivity contribution in [1.82, 2.24) is 15.0 Å². The smallest absolute Gasteiger partial charge is 0.270 e. The SMILES string of the molecule is COc1cccc(OC)c1N(c1ccncn1)S(=O)(=O)c1ccc2cnccc2c1. The largest absolute Gasteiger partial charge is 0.494 e. The molecule has 0 radical (unpaired) electrons. The zero-order valence-corrected chi connectivity index (χ0v) is 17.1. The van der Waals surface area contributed by atoms with Crippen molar-refractivity contribution in [2.24, 2.45) is 0 Å². The van der Waals surface area contributed by atoms with Gasteiger partial charge in [-0.2, -0.15) is 0 Å². The Hall–Kier alpha value is -3.72. The van der Waals surface area contributed by atoms with Crippen LogP contribution in [0.1, 0.15) is 0 Å². The number of hydrogen-bond acceptors (Lipinski definition) is 7. The Balaban J connectivity index is 1.99. The number of fused-ring (bicyclic) bond motifs is 1. The zero-order chi connectivity index (χ0) is 21.1. The first kappa shape index (κ1) is 19.6. The lowest BCUT2D eigenvalue weighted by Crippen LogP contribution is -2.28. The number of rotatable bonds is 6. The van der Waals surface area contributed by atoms with E-state index in [1.54, 1.807) is 48.8 Å². The van der Waals surface area contributed by atoms with Crippen molar-refractivity contribution in [2.45, 2.75) is 4.90 Å². The van der Waals surface area contributed by atoms with E-state index in [0.29, 0.717) is 11.5 Å². The van der Waals surface area contributed by atoms with Crippen molar-refractivity contribution in [2.75, 3.05) is 18.5 Å². The van der Waals surface area contributed by atoms with Gasteiger partial charge in [0.05, 0.1) is 19.1 Å². The van der Waals surface area contributed by atoms with Gasteiger partial charge in [0, 0.05) is 30.0 Å². The summed E-state index contributed by atoms with van der Waals surface area (Å²) in [5, 5.41) is 1.58. The number of methoxy groups -OCH3 is 2. The molecule has 0 bridgehead atoms. The molecule has 0 aliphatic rings. The molecule has 2 aromatic carbocycles. The molecule has 4 aromatic rings. The summed E-state index contributed by atoms with van der Waals surface area (Å²) < 4.78 is 39.7. The van der Waals surface area contributed by atoms with Gasteiger partial charge in [0.2, 0.25) is 0 Å². The van der Waals surface area contributed by atoms with Crippen LogP contribution in [0, 0.1) is 0 Å². The van der Waals surface area contributed by atoms with Crippen LogP contribution < -0.4 is 13.8 Å².